The number of nitrogens with zero attached hydrogens (tertiary/aromatic N) is 3. The minimum atomic E-state index is -0.492. The molecule has 1 aromatic carbocycles. The number of nitrogens with two attached hydrogens (primary N) is 3. The Morgan fingerprint density at radius 1 is 1.11 bits per heavy atom. The molecule has 2 heterocycles. The number of carbonyl (C=O) groups excluding carboxylic acids is 1. The van der Waals surface area contributed by atoms with E-state index in [1.165, 1.54) is 0 Å². The second-order valence-electron chi connectivity index (χ2n) is 5.62. The Hall–Kier alpha value is -2.61. The molecule has 7 nitrogen and oxygen atoms in total. The Morgan fingerprint density at radius 3 is 2.41 bits per heavy atom. The standard InChI is InChI=1S/C18H20N6O.2ClH/c19-8-4-10-24-15(14-7-9-22-18(21)23-14)11-13(17(20)25)16(24)12-5-2-1-3-6-12;;/h1-3,5-7,9,11H,4,8,10,19H2,(H2,20,25)(H2,21,22,23);2*1H. The number of carbonyl (C=O) groups is 1. The van der Waals surface area contributed by atoms with Crippen LogP contribution in [0.15, 0.2) is 48.7 Å². The van der Waals surface area contributed by atoms with Crippen molar-refractivity contribution in [1.29, 1.82) is 0 Å². The predicted octanol–water partition coefficient (Wildman–Crippen LogP) is 2.49. The Labute approximate surface area is 169 Å². The molecule has 6 N–H and O–H groups in total. The summed E-state index contributed by atoms with van der Waals surface area (Å²) in [6, 6.07) is 13.2. The maximum Gasteiger partial charge on any atom is 0.250 e. The van der Waals surface area contributed by atoms with Crippen molar-refractivity contribution in [2.24, 2.45) is 11.5 Å². The molecule has 1 amide bonds. The molecule has 0 bridgehead atoms. The van der Waals surface area contributed by atoms with E-state index in [9.17, 15) is 4.79 Å². The normalized spacial score (nSPS) is 9.96. The van der Waals surface area contributed by atoms with Gasteiger partial charge in [0, 0.05) is 12.7 Å². The van der Waals surface area contributed by atoms with E-state index in [4.69, 9.17) is 17.2 Å². The molecule has 0 aliphatic carbocycles. The highest BCUT2D eigenvalue weighted by atomic mass is 35.5. The lowest BCUT2D eigenvalue weighted by atomic mass is 10.1. The van der Waals surface area contributed by atoms with Crippen molar-refractivity contribution < 1.29 is 4.79 Å². The number of hydrogen-bond donors (Lipinski definition) is 3. The molecule has 0 saturated carbocycles. The van der Waals surface area contributed by atoms with Gasteiger partial charge < -0.3 is 21.8 Å². The molecule has 27 heavy (non-hydrogen) atoms. The zero-order valence-corrected chi connectivity index (χ0v) is 16.2. The molecular weight excluding hydrogens is 387 g/mol. The lowest BCUT2D eigenvalue weighted by Gasteiger charge is -2.14. The van der Waals surface area contributed by atoms with Crippen LogP contribution in [0.25, 0.3) is 22.6 Å². The summed E-state index contributed by atoms with van der Waals surface area (Å²) in [5.74, 6) is -0.320. The Kier molecular flexibility index (Phi) is 8.24. The number of halogens is 2. The first-order chi connectivity index (χ1) is 12.1. The molecule has 0 atom stereocenters. The topological polar surface area (TPSA) is 126 Å². The van der Waals surface area contributed by atoms with Crippen LogP contribution in [0.3, 0.4) is 0 Å². The van der Waals surface area contributed by atoms with Crippen LogP contribution in [0.5, 0.6) is 0 Å². The van der Waals surface area contributed by atoms with E-state index in [1.807, 2.05) is 34.9 Å². The van der Waals surface area contributed by atoms with Gasteiger partial charge in [-0.15, -0.1) is 24.8 Å². The SMILES string of the molecule is Cl.Cl.NCCCn1c(-c2ccnc(N)n2)cc(C(N)=O)c1-c1ccccc1. The van der Waals surface area contributed by atoms with Crippen LogP contribution in [0.2, 0.25) is 0 Å². The molecule has 0 aliphatic rings. The van der Waals surface area contributed by atoms with Gasteiger partial charge in [-0.05, 0) is 30.7 Å². The maximum absolute atomic E-state index is 12.1. The van der Waals surface area contributed by atoms with Crippen molar-refractivity contribution in [3.63, 3.8) is 0 Å². The fourth-order valence-corrected chi connectivity index (χ4v) is 2.85. The van der Waals surface area contributed by atoms with Crippen molar-refractivity contribution in [2.75, 3.05) is 12.3 Å². The molecule has 0 spiro atoms. The summed E-state index contributed by atoms with van der Waals surface area (Å²) in [4.78, 5) is 20.3. The zero-order chi connectivity index (χ0) is 17.8. The van der Waals surface area contributed by atoms with Gasteiger partial charge in [0.1, 0.15) is 0 Å². The van der Waals surface area contributed by atoms with E-state index < -0.39 is 5.91 Å². The van der Waals surface area contributed by atoms with E-state index in [-0.39, 0.29) is 30.8 Å². The van der Waals surface area contributed by atoms with Crippen LogP contribution in [-0.2, 0) is 6.54 Å². The van der Waals surface area contributed by atoms with Gasteiger partial charge in [-0.2, -0.15) is 0 Å². The molecule has 9 heteroatoms. The largest absolute Gasteiger partial charge is 0.368 e. The van der Waals surface area contributed by atoms with Gasteiger partial charge >= 0.3 is 0 Å². The average Bonchev–Trinajstić information content (AvgIpc) is 3.00. The quantitative estimate of drug-likeness (QED) is 0.577. The smallest absolute Gasteiger partial charge is 0.250 e. The molecule has 0 unspecified atom stereocenters. The average molecular weight is 409 g/mol. The van der Waals surface area contributed by atoms with Gasteiger partial charge in [-0.1, -0.05) is 30.3 Å². The molecule has 2 aromatic heterocycles. The third-order valence-corrected chi connectivity index (χ3v) is 3.93. The Morgan fingerprint density at radius 2 is 1.81 bits per heavy atom. The van der Waals surface area contributed by atoms with Crippen LogP contribution in [0.1, 0.15) is 16.8 Å². The predicted molar refractivity (Wildman–Crippen MR) is 112 cm³/mol. The number of primary amides is 1. The van der Waals surface area contributed by atoms with E-state index >= 15 is 0 Å². The van der Waals surface area contributed by atoms with E-state index in [1.54, 1.807) is 18.3 Å². The summed E-state index contributed by atoms with van der Waals surface area (Å²) in [5.41, 5.74) is 20.5. The number of anilines is 1. The van der Waals surface area contributed by atoms with Crippen LogP contribution in [0, 0.1) is 0 Å². The minimum Gasteiger partial charge on any atom is -0.368 e. The second-order valence-corrected chi connectivity index (χ2v) is 5.62. The molecule has 144 valence electrons. The van der Waals surface area contributed by atoms with Crippen LogP contribution in [-0.4, -0.2) is 27.0 Å². The van der Waals surface area contributed by atoms with Gasteiger partial charge in [0.05, 0.1) is 22.6 Å². The third-order valence-electron chi connectivity index (χ3n) is 3.93. The molecule has 0 aliphatic heterocycles. The summed E-state index contributed by atoms with van der Waals surface area (Å²) >= 11 is 0. The summed E-state index contributed by atoms with van der Waals surface area (Å²) in [6.45, 7) is 1.16. The van der Waals surface area contributed by atoms with Crippen molar-refractivity contribution in [1.82, 2.24) is 14.5 Å². The lowest BCUT2D eigenvalue weighted by Crippen LogP contribution is -2.13. The minimum absolute atomic E-state index is 0. The highest BCUT2D eigenvalue weighted by Crippen LogP contribution is 2.32. The highest BCUT2D eigenvalue weighted by Gasteiger charge is 2.21. The fraction of sp³-hybridized carbons (Fsp3) is 0.167. The fourth-order valence-electron chi connectivity index (χ4n) is 2.85. The Balaban J connectivity index is 0.00000182. The Bertz CT molecular complexity index is 898. The monoisotopic (exact) mass is 408 g/mol. The summed E-state index contributed by atoms with van der Waals surface area (Å²) in [5, 5.41) is 0. The highest BCUT2D eigenvalue weighted by molar-refractivity contribution is 6.01. The van der Waals surface area contributed by atoms with Crippen LogP contribution >= 0.6 is 24.8 Å². The van der Waals surface area contributed by atoms with Crippen molar-refractivity contribution in [2.45, 2.75) is 13.0 Å². The third kappa shape index (κ3) is 4.77. The van der Waals surface area contributed by atoms with Crippen LogP contribution < -0.4 is 17.2 Å². The lowest BCUT2D eigenvalue weighted by molar-refractivity contribution is 0.100. The van der Waals surface area contributed by atoms with Gasteiger partial charge in [-0.25, -0.2) is 9.97 Å². The van der Waals surface area contributed by atoms with Gasteiger partial charge in [-0.3, -0.25) is 4.79 Å². The van der Waals surface area contributed by atoms with Crippen molar-refractivity contribution in [3.8, 4) is 22.6 Å². The number of nitrogen functional groups attached to an aromatic ring is 1. The molecular formula is C18H22Cl2N6O. The number of hydrogen-bond acceptors (Lipinski definition) is 5. The van der Waals surface area contributed by atoms with Gasteiger partial charge in [0.25, 0.3) is 5.91 Å². The summed E-state index contributed by atoms with van der Waals surface area (Å²) in [7, 11) is 0. The zero-order valence-electron chi connectivity index (χ0n) is 14.5. The van der Waals surface area contributed by atoms with Crippen LogP contribution in [0.4, 0.5) is 5.95 Å². The number of aromatic nitrogens is 3. The molecule has 0 radical (unpaired) electrons. The molecule has 0 saturated heterocycles. The first-order valence-electron chi connectivity index (χ1n) is 7.99. The molecule has 3 aromatic rings. The van der Waals surface area contributed by atoms with E-state index in [2.05, 4.69) is 9.97 Å². The van der Waals surface area contributed by atoms with E-state index in [0.29, 0.717) is 24.3 Å². The molecule has 0 fully saturated rings. The maximum atomic E-state index is 12.1. The van der Waals surface area contributed by atoms with E-state index in [0.717, 1.165) is 23.4 Å². The van der Waals surface area contributed by atoms with Crippen molar-refractivity contribution >= 4 is 36.7 Å². The van der Waals surface area contributed by atoms with Gasteiger partial charge in [0.15, 0.2) is 0 Å². The first-order valence-corrected chi connectivity index (χ1v) is 7.99. The summed E-state index contributed by atoms with van der Waals surface area (Å²) < 4.78 is 2.02. The first kappa shape index (κ1) is 22.4. The molecule has 3 rings (SSSR count). The van der Waals surface area contributed by atoms with Crippen molar-refractivity contribution in [3.05, 3.63) is 54.2 Å². The number of rotatable bonds is 6. The number of benzene rings is 1. The van der Waals surface area contributed by atoms with Gasteiger partial charge in [0.2, 0.25) is 5.95 Å². The summed E-state index contributed by atoms with van der Waals surface area (Å²) in [6.07, 6.45) is 2.34. The number of amides is 1. The second kappa shape index (κ2) is 9.91.